The highest BCUT2D eigenvalue weighted by Gasteiger charge is 2.29. The quantitative estimate of drug-likeness (QED) is 0.830. The Morgan fingerprint density at radius 3 is 2.79 bits per heavy atom. The Morgan fingerprint density at radius 2 is 2.11 bits per heavy atom. The average Bonchev–Trinajstić information content (AvgIpc) is 2.88. The van der Waals surface area contributed by atoms with Crippen LogP contribution in [0.5, 0.6) is 0 Å². The molecule has 1 atom stereocenters. The fourth-order valence-corrected chi connectivity index (χ4v) is 2.24. The van der Waals surface area contributed by atoms with Gasteiger partial charge in [0.15, 0.2) is 0 Å². The fourth-order valence-electron chi connectivity index (χ4n) is 2.24. The predicted octanol–water partition coefficient (Wildman–Crippen LogP) is 1.12. The van der Waals surface area contributed by atoms with Crippen LogP contribution in [0.2, 0.25) is 0 Å². The lowest BCUT2D eigenvalue weighted by molar-refractivity contribution is -0.142. The van der Waals surface area contributed by atoms with Crippen LogP contribution in [-0.4, -0.2) is 43.5 Å². The number of carbonyl (C=O) groups is 2. The Hall–Kier alpha value is -1.88. The number of hydrogen-bond donors (Lipinski definition) is 1. The molecule has 1 aliphatic heterocycles. The second kappa shape index (κ2) is 6.33. The van der Waals surface area contributed by atoms with Crippen LogP contribution < -0.4 is 5.32 Å². The third-order valence-corrected chi connectivity index (χ3v) is 3.20. The van der Waals surface area contributed by atoms with Crippen LogP contribution in [0, 0.1) is 5.92 Å². The van der Waals surface area contributed by atoms with Crippen molar-refractivity contribution in [3.05, 3.63) is 30.3 Å². The summed E-state index contributed by atoms with van der Waals surface area (Å²) in [7, 11) is 1.65. The van der Waals surface area contributed by atoms with Crippen molar-refractivity contribution in [3.8, 4) is 0 Å². The number of para-hydroxylation sites is 1. The Labute approximate surface area is 112 Å². The van der Waals surface area contributed by atoms with Crippen LogP contribution >= 0.6 is 0 Å². The van der Waals surface area contributed by atoms with Gasteiger partial charge < -0.3 is 15.0 Å². The van der Waals surface area contributed by atoms with Crippen LogP contribution in [0.4, 0.5) is 5.69 Å². The molecule has 1 fully saturated rings. The second-order valence-corrected chi connectivity index (χ2v) is 4.68. The fraction of sp³-hybridized carbons (Fsp3) is 0.429. The monoisotopic (exact) mass is 262 g/mol. The summed E-state index contributed by atoms with van der Waals surface area (Å²) in [6.07, 6.45) is 0.887. The third kappa shape index (κ3) is 3.54. The van der Waals surface area contributed by atoms with E-state index in [4.69, 9.17) is 4.74 Å². The molecule has 0 aliphatic carbocycles. The van der Waals surface area contributed by atoms with Crippen LogP contribution in [0.1, 0.15) is 6.42 Å². The zero-order chi connectivity index (χ0) is 13.7. The zero-order valence-electron chi connectivity index (χ0n) is 11.0. The average molecular weight is 262 g/mol. The third-order valence-electron chi connectivity index (χ3n) is 3.20. The number of nitrogens with zero attached hydrogens (tertiary/aromatic N) is 1. The van der Waals surface area contributed by atoms with Crippen molar-refractivity contribution < 1.29 is 14.3 Å². The van der Waals surface area contributed by atoms with Crippen molar-refractivity contribution in [1.29, 1.82) is 0 Å². The number of anilines is 1. The van der Waals surface area contributed by atoms with Crippen molar-refractivity contribution in [2.24, 2.45) is 5.92 Å². The van der Waals surface area contributed by atoms with Crippen LogP contribution in [-0.2, 0) is 14.3 Å². The van der Waals surface area contributed by atoms with Gasteiger partial charge in [0.1, 0.15) is 0 Å². The highest BCUT2D eigenvalue weighted by atomic mass is 16.5. The lowest BCUT2D eigenvalue weighted by Crippen LogP contribution is -2.38. The lowest BCUT2D eigenvalue weighted by atomic mass is 10.1. The van der Waals surface area contributed by atoms with E-state index in [1.54, 1.807) is 24.1 Å². The van der Waals surface area contributed by atoms with Crippen LogP contribution in [0.25, 0.3) is 0 Å². The minimum absolute atomic E-state index is 0.332. The van der Waals surface area contributed by atoms with Gasteiger partial charge in [-0.3, -0.25) is 9.59 Å². The standard InChI is InChI=1S/C14H18N2O3/c1-19-10-11-7-8-16(9-11)14(18)13(17)15-12-5-3-2-4-6-12/h2-6,11H,7-10H2,1H3,(H,15,17)/t11-/m0/s1. The maximum absolute atomic E-state index is 12.0. The normalized spacial score (nSPS) is 18.4. The first kappa shape index (κ1) is 13.5. The van der Waals surface area contributed by atoms with Gasteiger partial charge in [-0.15, -0.1) is 0 Å². The van der Waals surface area contributed by atoms with E-state index in [1.807, 2.05) is 18.2 Å². The van der Waals surface area contributed by atoms with Gasteiger partial charge in [-0.1, -0.05) is 18.2 Å². The lowest BCUT2D eigenvalue weighted by Gasteiger charge is -2.15. The summed E-state index contributed by atoms with van der Waals surface area (Å²) < 4.78 is 5.07. The first-order valence-electron chi connectivity index (χ1n) is 6.35. The molecule has 1 aromatic carbocycles. The van der Waals surface area contributed by atoms with Crippen LogP contribution in [0.3, 0.4) is 0 Å². The molecule has 102 valence electrons. The van der Waals surface area contributed by atoms with E-state index in [2.05, 4.69) is 5.32 Å². The number of hydrogen-bond acceptors (Lipinski definition) is 3. The SMILES string of the molecule is COC[C@H]1CCN(C(=O)C(=O)Nc2ccccc2)C1. The molecule has 1 saturated heterocycles. The number of rotatable bonds is 3. The van der Waals surface area contributed by atoms with E-state index >= 15 is 0 Å². The molecule has 0 radical (unpaired) electrons. The molecule has 0 unspecified atom stereocenters. The van der Waals surface area contributed by atoms with Gasteiger partial charge in [0.2, 0.25) is 0 Å². The van der Waals surface area contributed by atoms with E-state index in [0.717, 1.165) is 6.42 Å². The molecule has 2 amide bonds. The molecule has 1 heterocycles. The molecule has 1 aliphatic rings. The topological polar surface area (TPSA) is 58.6 Å². The molecule has 0 bridgehead atoms. The molecule has 0 saturated carbocycles. The maximum atomic E-state index is 12.0. The number of amides is 2. The van der Waals surface area contributed by atoms with Gasteiger partial charge in [0.25, 0.3) is 0 Å². The molecular formula is C14H18N2O3. The van der Waals surface area contributed by atoms with Gasteiger partial charge >= 0.3 is 11.8 Å². The number of benzene rings is 1. The number of likely N-dealkylation sites (tertiary alicyclic amines) is 1. The molecule has 1 aromatic rings. The second-order valence-electron chi connectivity index (χ2n) is 4.68. The molecule has 2 rings (SSSR count). The molecule has 5 nitrogen and oxygen atoms in total. The van der Waals surface area contributed by atoms with E-state index in [-0.39, 0.29) is 0 Å². The Bertz CT molecular complexity index is 447. The first-order valence-corrected chi connectivity index (χ1v) is 6.35. The summed E-state index contributed by atoms with van der Waals surface area (Å²) in [4.78, 5) is 25.4. The van der Waals surface area contributed by atoms with Gasteiger partial charge in [-0.05, 0) is 18.6 Å². The molecule has 0 aromatic heterocycles. The molecule has 19 heavy (non-hydrogen) atoms. The van der Waals surface area contributed by atoms with Crippen molar-refractivity contribution in [2.45, 2.75) is 6.42 Å². The summed E-state index contributed by atoms with van der Waals surface area (Å²) in [6.45, 7) is 1.84. The Morgan fingerprint density at radius 1 is 1.37 bits per heavy atom. The van der Waals surface area contributed by atoms with Gasteiger partial charge in [-0.2, -0.15) is 0 Å². The number of nitrogens with one attached hydrogen (secondary N) is 1. The smallest absolute Gasteiger partial charge is 0.313 e. The van der Waals surface area contributed by atoms with Gasteiger partial charge in [-0.25, -0.2) is 0 Å². The zero-order valence-corrected chi connectivity index (χ0v) is 11.0. The largest absolute Gasteiger partial charge is 0.384 e. The summed E-state index contributed by atoms with van der Waals surface area (Å²) in [6, 6.07) is 8.98. The Balaban J connectivity index is 1.88. The summed E-state index contributed by atoms with van der Waals surface area (Å²) in [5.41, 5.74) is 0.633. The van der Waals surface area contributed by atoms with Crippen molar-refractivity contribution in [3.63, 3.8) is 0 Å². The maximum Gasteiger partial charge on any atom is 0.313 e. The number of ether oxygens (including phenoxy) is 1. The van der Waals surface area contributed by atoms with Crippen molar-refractivity contribution >= 4 is 17.5 Å². The van der Waals surface area contributed by atoms with Crippen molar-refractivity contribution in [1.82, 2.24) is 4.90 Å². The summed E-state index contributed by atoms with van der Waals surface area (Å²) in [5.74, 6) is -0.717. The van der Waals surface area contributed by atoms with E-state index < -0.39 is 11.8 Å². The molecule has 5 heteroatoms. The van der Waals surface area contributed by atoms with Gasteiger partial charge in [0, 0.05) is 31.8 Å². The van der Waals surface area contributed by atoms with Crippen molar-refractivity contribution in [2.75, 3.05) is 32.1 Å². The minimum atomic E-state index is -0.579. The summed E-state index contributed by atoms with van der Waals surface area (Å²) in [5, 5.41) is 2.60. The minimum Gasteiger partial charge on any atom is -0.384 e. The van der Waals surface area contributed by atoms with E-state index in [1.165, 1.54) is 0 Å². The molecule has 1 N–H and O–H groups in total. The molecule has 0 spiro atoms. The van der Waals surface area contributed by atoms with Gasteiger partial charge in [0.05, 0.1) is 6.61 Å². The predicted molar refractivity (Wildman–Crippen MR) is 71.6 cm³/mol. The number of methoxy groups -OCH3 is 1. The van der Waals surface area contributed by atoms with E-state index in [0.29, 0.717) is 31.3 Å². The highest BCUT2D eigenvalue weighted by Crippen LogP contribution is 2.16. The summed E-state index contributed by atoms with van der Waals surface area (Å²) >= 11 is 0. The highest BCUT2D eigenvalue weighted by molar-refractivity contribution is 6.39. The van der Waals surface area contributed by atoms with Crippen LogP contribution in [0.15, 0.2) is 30.3 Å². The Kier molecular flexibility index (Phi) is 4.52. The molecular weight excluding hydrogens is 244 g/mol. The number of carbonyl (C=O) groups excluding carboxylic acids is 2. The first-order chi connectivity index (χ1) is 9.20. The van der Waals surface area contributed by atoms with E-state index in [9.17, 15) is 9.59 Å².